The number of unbranched alkanes of at least 4 members (excludes halogenated alkanes) is 15. The quantitative estimate of drug-likeness (QED) is 0.155. The minimum atomic E-state index is -3.07. The van der Waals surface area contributed by atoms with Crippen LogP contribution in [0.15, 0.2) is 54.6 Å². The number of rotatable bonds is 22. The molecule has 0 aromatic heterocycles. The zero-order valence-electron chi connectivity index (χ0n) is 23.7. The van der Waals surface area contributed by atoms with Crippen LogP contribution in [0.1, 0.15) is 122 Å². The molecule has 2 aromatic rings. The summed E-state index contributed by atoms with van der Waals surface area (Å²) in [6.07, 6.45) is 21.7. The third kappa shape index (κ3) is 15.4. The zero-order chi connectivity index (χ0) is 26.6. The maximum atomic E-state index is 11.8. The number of aryl methyl sites for hydroxylation is 1. The van der Waals surface area contributed by atoms with Gasteiger partial charge < -0.3 is 0 Å². The molecule has 37 heavy (non-hydrogen) atoms. The van der Waals surface area contributed by atoms with Gasteiger partial charge in [-0.15, -0.1) is 0 Å². The third-order valence-electron chi connectivity index (χ3n) is 7.13. The van der Waals surface area contributed by atoms with Crippen LogP contribution in [0.25, 0.3) is 11.1 Å². The van der Waals surface area contributed by atoms with E-state index in [-0.39, 0.29) is 11.8 Å². The first-order valence-electron chi connectivity index (χ1n) is 15.1. The van der Waals surface area contributed by atoms with Gasteiger partial charge in [-0.05, 0) is 49.8 Å². The zero-order valence-corrected chi connectivity index (χ0v) is 24.5. The number of sulfonamides is 1. The van der Waals surface area contributed by atoms with Crippen molar-refractivity contribution < 1.29 is 8.42 Å². The van der Waals surface area contributed by atoms with E-state index >= 15 is 0 Å². The van der Waals surface area contributed by atoms with Gasteiger partial charge in [-0.25, -0.2) is 13.1 Å². The molecule has 0 radical (unpaired) electrons. The molecule has 2 rings (SSSR count). The van der Waals surface area contributed by atoms with Crippen LogP contribution in [-0.2, 0) is 16.4 Å². The van der Waals surface area contributed by atoms with E-state index in [9.17, 15) is 8.42 Å². The minimum Gasteiger partial charge on any atom is -0.213 e. The van der Waals surface area contributed by atoms with E-state index in [1.165, 1.54) is 107 Å². The highest BCUT2D eigenvalue weighted by Crippen LogP contribution is 2.25. The third-order valence-corrected chi connectivity index (χ3v) is 8.78. The van der Waals surface area contributed by atoms with Crippen LogP contribution in [0, 0.1) is 0 Å². The Morgan fingerprint density at radius 1 is 0.568 bits per heavy atom. The van der Waals surface area contributed by atoms with Crippen LogP contribution < -0.4 is 4.72 Å². The molecule has 4 heteroatoms. The summed E-state index contributed by atoms with van der Waals surface area (Å²) in [4.78, 5) is 0. The summed E-state index contributed by atoms with van der Waals surface area (Å²) in [5.74, 6) is 0.272. The topological polar surface area (TPSA) is 46.2 Å². The van der Waals surface area contributed by atoms with Gasteiger partial charge in [-0.2, -0.15) is 0 Å². The fraction of sp³-hybridized carbons (Fsp3) is 0.636. The van der Waals surface area contributed by atoms with Gasteiger partial charge in [0, 0.05) is 6.04 Å². The summed E-state index contributed by atoms with van der Waals surface area (Å²) in [7, 11) is -3.07. The first-order chi connectivity index (χ1) is 18.0. The molecule has 0 aliphatic heterocycles. The second kappa shape index (κ2) is 19.4. The van der Waals surface area contributed by atoms with E-state index < -0.39 is 10.0 Å². The normalized spacial score (nSPS) is 11.9. The van der Waals surface area contributed by atoms with E-state index in [1.54, 1.807) is 0 Å². The monoisotopic (exact) mass is 527 g/mol. The lowest BCUT2D eigenvalue weighted by atomic mass is 9.95. The minimum absolute atomic E-state index is 0.00482. The Labute approximate surface area is 228 Å². The second-order valence-corrected chi connectivity index (χ2v) is 12.9. The average Bonchev–Trinajstić information content (AvgIpc) is 2.88. The highest BCUT2D eigenvalue weighted by Gasteiger charge is 2.10. The van der Waals surface area contributed by atoms with Crippen LogP contribution in [-0.4, -0.2) is 20.2 Å². The predicted octanol–water partition coefficient (Wildman–Crippen LogP) is 9.47. The van der Waals surface area contributed by atoms with Gasteiger partial charge in [-0.3, -0.25) is 0 Å². The second-order valence-electron chi connectivity index (χ2n) is 11.0. The van der Waals surface area contributed by atoms with Crippen molar-refractivity contribution in [2.24, 2.45) is 0 Å². The van der Waals surface area contributed by atoms with Crippen molar-refractivity contribution in [3.05, 3.63) is 60.2 Å². The Balaban J connectivity index is 1.35. The Morgan fingerprint density at radius 3 is 1.51 bits per heavy atom. The molecule has 0 amide bonds. The Kier molecular flexibility index (Phi) is 16.6. The molecular formula is C33H53NO2S. The summed E-state index contributed by atoms with van der Waals surface area (Å²) in [5.41, 5.74) is 4.21. The van der Waals surface area contributed by atoms with Gasteiger partial charge in [-0.1, -0.05) is 144 Å². The van der Waals surface area contributed by atoms with Gasteiger partial charge in [0.1, 0.15) is 0 Å². The molecule has 0 unspecified atom stereocenters. The Hall–Kier alpha value is -1.65. The lowest BCUT2D eigenvalue weighted by molar-refractivity contribution is 0.528. The van der Waals surface area contributed by atoms with Crippen molar-refractivity contribution >= 4 is 10.0 Å². The number of hydrogen-bond donors (Lipinski definition) is 1. The molecule has 0 spiro atoms. The molecule has 0 aliphatic carbocycles. The van der Waals surface area contributed by atoms with Crippen LogP contribution >= 0.6 is 0 Å². The first-order valence-corrected chi connectivity index (χ1v) is 16.8. The highest BCUT2D eigenvalue weighted by molar-refractivity contribution is 7.89. The molecule has 0 aliphatic rings. The van der Waals surface area contributed by atoms with Crippen molar-refractivity contribution in [1.29, 1.82) is 0 Å². The summed E-state index contributed by atoms with van der Waals surface area (Å²) >= 11 is 0. The molecule has 2 aromatic carbocycles. The predicted molar refractivity (Wildman–Crippen MR) is 162 cm³/mol. The lowest BCUT2D eigenvalue weighted by Crippen LogP contribution is -2.32. The van der Waals surface area contributed by atoms with Crippen LogP contribution in [0.3, 0.4) is 0 Å². The Morgan fingerprint density at radius 2 is 1.00 bits per heavy atom. The average molecular weight is 528 g/mol. The fourth-order valence-corrected chi connectivity index (χ4v) is 6.56. The molecule has 3 nitrogen and oxygen atoms in total. The van der Waals surface area contributed by atoms with Crippen LogP contribution in [0.2, 0.25) is 0 Å². The van der Waals surface area contributed by atoms with E-state index in [4.69, 9.17) is 0 Å². The van der Waals surface area contributed by atoms with E-state index in [0.29, 0.717) is 0 Å². The smallest absolute Gasteiger partial charge is 0.211 e. The van der Waals surface area contributed by atoms with Crippen LogP contribution in [0.5, 0.6) is 0 Å². The lowest BCUT2D eigenvalue weighted by Gasteiger charge is -2.10. The molecule has 0 saturated carbocycles. The van der Waals surface area contributed by atoms with Crippen molar-refractivity contribution in [2.45, 2.75) is 129 Å². The molecule has 0 bridgehead atoms. The molecule has 1 N–H and O–H groups in total. The van der Waals surface area contributed by atoms with Crippen molar-refractivity contribution in [2.75, 3.05) is 5.75 Å². The van der Waals surface area contributed by atoms with Gasteiger partial charge in [0.15, 0.2) is 0 Å². The highest BCUT2D eigenvalue weighted by atomic mass is 32.2. The van der Waals surface area contributed by atoms with Crippen LogP contribution in [0.4, 0.5) is 0 Å². The molecule has 0 saturated heterocycles. The maximum Gasteiger partial charge on any atom is 0.211 e. The SMILES string of the molecule is CC(C)NS(=O)(=O)CCCCCCCCCCCCCCCCCCc1ccccc1-c1ccccc1. The summed E-state index contributed by atoms with van der Waals surface area (Å²) in [6.45, 7) is 3.74. The number of benzene rings is 2. The van der Waals surface area contributed by atoms with E-state index in [2.05, 4.69) is 59.3 Å². The molecular weight excluding hydrogens is 474 g/mol. The van der Waals surface area contributed by atoms with Crippen molar-refractivity contribution in [3.63, 3.8) is 0 Å². The molecule has 0 heterocycles. The first kappa shape index (κ1) is 31.6. The summed E-state index contributed by atoms with van der Waals surface area (Å²) in [6, 6.07) is 19.6. The molecule has 0 fully saturated rings. The number of hydrogen-bond acceptors (Lipinski definition) is 2. The largest absolute Gasteiger partial charge is 0.213 e. The Bertz CT molecular complexity index is 924. The van der Waals surface area contributed by atoms with E-state index in [1.807, 2.05) is 13.8 Å². The summed E-state index contributed by atoms with van der Waals surface area (Å²) < 4.78 is 26.2. The van der Waals surface area contributed by atoms with E-state index in [0.717, 1.165) is 19.3 Å². The van der Waals surface area contributed by atoms with Gasteiger partial charge in [0.25, 0.3) is 0 Å². The van der Waals surface area contributed by atoms with Gasteiger partial charge in [0.2, 0.25) is 10.0 Å². The molecule has 208 valence electrons. The van der Waals surface area contributed by atoms with Gasteiger partial charge in [0.05, 0.1) is 5.75 Å². The standard InChI is InChI=1S/C33H53NO2S/c1-30(2)34-37(35,36)29-23-16-14-12-10-8-6-4-3-5-7-9-11-13-15-18-24-32-27-21-22-28-33(32)31-25-19-17-20-26-31/h17,19-22,25-28,30,34H,3-16,18,23-24,29H2,1-2H3. The van der Waals surface area contributed by atoms with Crippen molar-refractivity contribution in [3.8, 4) is 11.1 Å². The summed E-state index contributed by atoms with van der Waals surface area (Å²) in [5, 5.41) is 0. The van der Waals surface area contributed by atoms with Gasteiger partial charge >= 0.3 is 0 Å². The maximum absolute atomic E-state index is 11.8. The number of nitrogens with one attached hydrogen (secondary N) is 1. The van der Waals surface area contributed by atoms with Crippen molar-refractivity contribution in [1.82, 2.24) is 4.72 Å². The molecule has 0 atom stereocenters. The fourth-order valence-electron chi connectivity index (χ4n) is 5.14.